The highest BCUT2D eigenvalue weighted by Crippen LogP contribution is 2.42. The maximum atomic E-state index is 15.2. The minimum atomic E-state index is -3.16. The van der Waals surface area contributed by atoms with Gasteiger partial charge in [0.25, 0.3) is 0 Å². The van der Waals surface area contributed by atoms with Gasteiger partial charge in [0.1, 0.15) is 11.8 Å². The molecule has 3 rings (SSSR count). The van der Waals surface area contributed by atoms with E-state index in [0.717, 1.165) is 6.42 Å². The third kappa shape index (κ3) is 3.24. The third-order valence-corrected chi connectivity index (χ3v) is 6.66. The molecule has 1 aromatic carbocycles. The first-order chi connectivity index (χ1) is 11.2. The lowest BCUT2D eigenvalue weighted by atomic mass is 9.89. The van der Waals surface area contributed by atoms with Gasteiger partial charge in [-0.2, -0.15) is 0 Å². The summed E-state index contributed by atoms with van der Waals surface area (Å²) in [5, 5.41) is 0.196. The molecule has 0 aromatic heterocycles. The Morgan fingerprint density at radius 2 is 2.04 bits per heavy atom. The van der Waals surface area contributed by atoms with Gasteiger partial charge in [-0.3, -0.25) is 4.90 Å². The van der Waals surface area contributed by atoms with Gasteiger partial charge >= 0.3 is 6.09 Å². The van der Waals surface area contributed by atoms with Crippen LogP contribution in [0.2, 0.25) is 5.02 Å². The largest absolute Gasteiger partial charge is 0.444 e. The summed E-state index contributed by atoms with van der Waals surface area (Å²) in [7, 11) is -3.16. The monoisotopic (exact) mass is 375 g/mol. The number of anilines is 1. The molecule has 2 aliphatic rings. The summed E-state index contributed by atoms with van der Waals surface area (Å²) in [6.45, 7) is 2.37. The summed E-state index contributed by atoms with van der Waals surface area (Å²) >= 11 is 6.25. The quantitative estimate of drug-likeness (QED) is 0.811. The Labute approximate surface area is 145 Å². The predicted octanol–water partition coefficient (Wildman–Crippen LogP) is 3.45. The van der Waals surface area contributed by atoms with Gasteiger partial charge in [-0.25, -0.2) is 17.6 Å². The van der Waals surface area contributed by atoms with Crippen LogP contribution in [0.1, 0.15) is 31.7 Å². The van der Waals surface area contributed by atoms with Gasteiger partial charge in [-0.1, -0.05) is 24.6 Å². The molecule has 2 fully saturated rings. The van der Waals surface area contributed by atoms with Crippen molar-refractivity contribution in [1.29, 1.82) is 0 Å². The van der Waals surface area contributed by atoms with E-state index in [4.69, 9.17) is 16.3 Å². The number of nitrogens with zero attached hydrogens (tertiary/aromatic N) is 1. The molecular formula is C16H19ClFNO4S. The topological polar surface area (TPSA) is 63.7 Å². The number of cyclic esters (lactones) is 1. The Balaban J connectivity index is 1.84. The van der Waals surface area contributed by atoms with E-state index in [1.165, 1.54) is 4.90 Å². The molecule has 0 aliphatic carbocycles. The summed E-state index contributed by atoms with van der Waals surface area (Å²) in [6.07, 6.45) is -0.0805. The predicted molar refractivity (Wildman–Crippen MR) is 90.0 cm³/mol. The van der Waals surface area contributed by atoms with Crippen molar-refractivity contribution in [3.05, 3.63) is 28.8 Å². The van der Waals surface area contributed by atoms with Crippen molar-refractivity contribution in [3.63, 3.8) is 0 Å². The van der Waals surface area contributed by atoms with Gasteiger partial charge in [0, 0.05) is 16.3 Å². The maximum Gasteiger partial charge on any atom is 0.414 e. The molecule has 1 amide bonds. The number of benzene rings is 1. The molecule has 2 heterocycles. The molecular weight excluding hydrogens is 357 g/mol. The normalized spacial score (nSPS) is 25.5. The zero-order valence-electron chi connectivity index (χ0n) is 13.3. The van der Waals surface area contributed by atoms with Crippen LogP contribution in [0, 0.1) is 0 Å². The lowest BCUT2D eigenvalue weighted by Crippen LogP contribution is -2.33. The Hall–Kier alpha value is -1.34. The fourth-order valence-corrected chi connectivity index (χ4v) is 4.93. The Morgan fingerprint density at radius 3 is 2.58 bits per heavy atom. The summed E-state index contributed by atoms with van der Waals surface area (Å²) < 4.78 is 43.4. The molecule has 132 valence electrons. The molecule has 0 radical (unpaired) electrons. The van der Waals surface area contributed by atoms with Gasteiger partial charge < -0.3 is 4.74 Å². The average molecular weight is 376 g/mol. The van der Waals surface area contributed by atoms with Crippen molar-refractivity contribution in [1.82, 2.24) is 0 Å². The molecule has 2 saturated heterocycles. The van der Waals surface area contributed by atoms with Crippen molar-refractivity contribution in [2.75, 3.05) is 23.0 Å². The number of halogens is 2. The fraction of sp³-hybridized carbons (Fsp3) is 0.562. The lowest BCUT2D eigenvalue weighted by Gasteiger charge is -2.31. The molecule has 5 nitrogen and oxygen atoms in total. The van der Waals surface area contributed by atoms with Crippen LogP contribution in [0.25, 0.3) is 0 Å². The molecule has 0 unspecified atom stereocenters. The van der Waals surface area contributed by atoms with E-state index in [1.807, 2.05) is 6.92 Å². The standard InChI is InChI=1S/C16H19ClFNO4S/c1-2-12-10-19(15(20)23-12)11-3-4-13(14(17)9-11)16(18)5-7-24(21,22)8-6-16/h3-4,9,12H,2,5-8,10H2,1H3/t12-/m0/s1. The van der Waals surface area contributed by atoms with Crippen LogP contribution in [-0.4, -0.2) is 38.7 Å². The highest BCUT2D eigenvalue weighted by molar-refractivity contribution is 7.91. The van der Waals surface area contributed by atoms with Crippen LogP contribution >= 0.6 is 11.6 Å². The number of hydrogen-bond acceptors (Lipinski definition) is 4. The van der Waals surface area contributed by atoms with Crippen LogP contribution in [-0.2, 0) is 20.2 Å². The van der Waals surface area contributed by atoms with Gasteiger partial charge in [0.15, 0.2) is 9.84 Å². The van der Waals surface area contributed by atoms with E-state index in [-0.39, 0.29) is 41.0 Å². The minimum Gasteiger partial charge on any atom is -0.444 e. The van der Waals surface area contributed by atoms with E-state index in [0.29, 0.717) is 12.2 Å². The van der Waals surface area contributed by atoms with Crippen LogP contribution < -0.4 is 4.90 Å². The van der Waals surface area contributed by atoms with E-state index in [2.05, 4.69) is 0 Å². The first kappa shape index (κ1) is 17.5. The van der Waals surface area contributed by atoms with Crippen LogP contribution in [0.15, 0.2) is 18.2 Å². The third-order valence-electron chi connectivity index (χ3n) is 4.70. The first-order valence-corrected chi connectivity index (χ1v) is 10.1. The summed E-state index contributed by atoms with van der Waals surface area (Å²) in [5.41, 5.74) is -0.919. The maximum absolute atomic E-state index is 15.2. The SMILES string of the molecule is CC[C@H]1CN(c2ccc(C3(F)CCS(=O)(=O)CC3)c(Cl)c2)C(=O)O1. The molecule has 0 N–H and O–H groups in total. The minimum absolute atomic E-state index is 0.0991. The lowest BCUT2D eigenvalue weighted by molar-refractivity contribution is 0.139. The second-order valence-electron chi connectivity index (χ2n) is 6.31. The summed E-state index contributed by atoms with van der Waals surface area (Å²) in [5.74, 6) is -0.365. The zero-order valence-corrected chi connectivity index (χ0v) is 14.9. The smallest absolute Gasteiger partial charge is 0.414 e. The zero-order chi connectivity index (χ0) is 17.5. The van der Waals surface area contributed by atoms with Crippen molar-refractivity contribution < 1.29 is 22.3 Å². The fourth-order valence-electron chi connectivity index (χ4n) is 3.11. The van der Waals surface area contributed by atoms with E-state index in [9.17, 15) is 13.2 Å². The highest BCUT2D eigenvalue weighted by atomic mass is 35.5. The molecule has 1 atom stereocenters. The number of hydrogen-bond donors (Lipinski definition) is 0. The number of alkyl halides is 1. The van der Waals surface area contributed by atoms with E-state index < -0.39 is 21.6 Å². The molecule has 24 heavy (non-hydrogen) atoms. The second kappa shape index (κ2) is 6.19. The Bertz CT molecular complexity index is 753. The van der Waals surface area contributed by atoms with E-state index >= 15 is 4.39 Å². The van der Waals surface area contributed by atoms with Crippen molar-refractivity contribution in [2.45, 2.75) is 38.0 Å². The van der Waals surface area contributed by atoms with Crippen molar-refractivity contribution >= 4 is 33.2 Å². The number of sulfone groups is 1. The number of ether oxygens (including phenoxy) is 1. The molecule has 1 aromatic rings. The van der Waals surface area contributed by atoms with Crippen molar-refractivity contribution in [3.8, 4) is 0 Å². The highest BCUT2D eigenvalue weighted by Gasteiger charge is 2.40. The van der Waals surface area contributed by atoms with Gasteiger partial charge in [-0.15, -0.1) is 0 Å². The Kier molecular flexibility index (Phi) is 4.51. The van der Waals surface area contributed by atoms with Gasteiger partial charge in [0.05, 0.1) is 18.1 Å². The summed E-state index contributed by atoms with van der Waals surface area (Å²) in [6, 6.07) is 4.72. The van der Waals surface area contributed by atoms with E-state index in [1.54, 1.807) is 18.2 Å². The molecule has 0 saturated carbocycles. The average Bonchev–Trinajstić information content (AvgIpc) is 2.91. The molecule has 0 spiro atoms. The molecule has 0 bridgehead atoms. The summed E-state index contributed by atoms with van der Waals surface area (Å²) in [4.78, 5) is 13.4. The number of amides is 1. The van der Waals surface area contributed by atoms with Gasteiger partial charge in [0.2, 0.25) is 0 Å². The van der Waals surface area contributed by atoms with Crippen LogP contribution in [0.4, 0.5) is 14.9 Å². The number of carbonyl (C=O) groups is 1. The van der Waals surface area contributed by atoms with Crippen LogP contribution in [0.3, 0.4) is 0 Å². The van der Waals surface area contributed by atoms with Gasteiger partial charge in [-0.05, 0) is 31.4 Å². The molecule has 8 heteroatoms. The second-order valence-corrected chi connectivity index (χ2v) is 9.02. The molecule has 2 aliphatic heterocycles. The first-order valence-electron chi connectivity index (χ1n) is 7.91. The number of carbonyl (C=O) groups excluding carboxylic acids is 1. The van der Waals surface area contributed by atoms with Crippen molar-refractivity contribution in [2.24, 2.45) is 0 Å². The number of rotatable bonds is 3. The Morgan fingerprint density at radius 1 is 1.38 bits per heavy atom. The van der Waals surface area contributed by atoms with Crippen LogP contribution in [0.5, 0.6) is 0 Å².